The molecule has 0 saturated heterocycles. The van der Waals surface area contributed by atoms with Crippen molar-refractivity contribution >= 4 is 66.3 Å². The molecule has 0 bridgehead atoms. The van der Waals surface area contributed by atoms with Crippen molar-refractivity contribution in [3.63, 3.8) is 0 Å². The minimum absolute atomic E-state index is 0.0231. The van der Waals surface area contributed by atoms with E-state index in [9.17, 15) is 16.8 Å². The van der Waals surface area contributed by atoms with Crippen LogP contribution in [0.3, 0.4) is 0 Å². The molecule has 4 rings (SSSR count). The molecule has 6 nitrogen and oxygen atoms in total. The molecule has 0 spiro atoms. The molecule has 1 aliphatic rings. The van der Waals surface area contributed by atoms with Crippen molar-refractivity contribution in [2.24, 2.45) is 8.80 Å². The molecule has 0 radical (unpaired) electrons. The van der Waals surface area contributed by atoms with Crippen molar-refractivity contribution in [2.45, 2.75) is 9.79 Å². The number of nitrogens with zero attached hydrogens (tertiary/aromatic N) is 2. The Hall–Kier alpha value is -2.49. The van der Waals surface area contributed by atoms with Crippen LogP contribution in [0.2, 0.25) is 10.0 Å². The van der Waals surface area contributed by atoms with Crippen LogP contribution in [0.15, 0.2) is 102 Å². The van der Waals surface area contributed by atoms with E-state index in [1.54, 1.807) is 24.3 Å². The number of halogens is 3. The minimum atomic E-state index is -4.12. The molecule has 0 unspecified atom stereocenters. The Kier molecular flexibility index (Phi) is 6.48. The lowest BCUT2D eigenvalue weighted by molar-refractivity contribution is 0.596. The average Bonchev–Trinajstić information content (AvgIpc) is 2.77. The number of hydrogen-bond acceptors (Lipinski definition) is 4. The third-order valence-corrected chi connectivity index (χ3v) is 7.99. The summed E-state index contributed by atoms with van der Waals surface area (Å²) >= 11 is 18.0. The van der Waals surface area contributed by atoms with Crippen LogP contribution in [0.5, 0.6) is 0 Å². The maximum Gasteiger partial charge on any atom is 0.282 e. The van der Waals surface area contributed by atoms with Gasteiger partial charge < -0.3 is 0 Å². The van der Waals surface area contributed by atoms with Gasteiger partial charge in [0.2, 0.25) is 0 Å². The molecule has 0 heterocycles. The van der Waals surface area contributed by atoms with E-state index in [1.165, 1.54) is 54.6 Å². The fourth-order valence-electron chi connectivity index (χ4n) is 3.04. The first kappa shape index (κ1) is 23.7. The average molecular weight is 540 g/mol. The van der Waals surface area contributed by atoms with Gasteiger partial charge in [-0.1, -0.05) is 59.1 Å². The van der Waals surface area contributed by atoms with Crippen molar-refractivity contribution in [1.29, 1.82) is 0 Å². The number of rotatable bonds is 4. The summed E-state index contributed by atoms with van der Waals surface area (Å²) in [5.74, 6) is 0. The Morgan fingerprint density at radius 1 is 0.576 bits per heavy atom. The minimum Gasteiger partial charge on any atom is -0.199 e. The molecular weight excluding hydrogens is 527 g/mol. The fourth-order valence-corrected chi connectivity index (χ4v) is 5.61. The van der Waals surface area contributed by atoms with Crippen LogP contribution in [-0.2, 0) is 20.0 Å². The van der Waals surface area contributed by atoms with Crippen LogP contribution < -0.4 is 0 Å². The second-order valence-electron chi connectivity index (χ2n) is 6.81. The van der Waals surface area contributed by atoms with Gasteiger partial charge in [-0.25, -0.2) is 0 Å². The van der Waals surface area contributed by atoms with E-state index in [0.717, 1.165) is 0 Å². The van der Waals surface area contributed by atoms with E-state index >= 15 is 0 Å². The van der Waals surface area contributed by atoms with E-state index in [4.69, 9.17) is 34.8 Å². The van der Waals surface area contributed by atoms with Gasteiger partial charge in [0.15, 0.2) is 0 Å². The molecule has 168 valence electrons. The van der Waals surface area contributed by atoms with Crippen molar-refractivity contribution < 1.29 is 16.8 Å². The van der Waals surface area contributed by atoms with Gasteiger partial charge in [0.05, 0.1) is 20.5 Å². The first-order valence-electron chi connectivity index (χ1n) is 9.25. The van der Waals surface area contributed by atoms with E-state index in [2.05, 4.69) is 8.80 Å². The highest BCUT2D eigenvalue weighted by Crippen LogP contribution is 2.28. The largest absolute Gasteiger partial charge is 0.282 e. The molecule has 0 N–H and O–H groups in total. The van der Waals surface area contributed by atoms with E-state index < -0.39 is 20.0 Å². The highest BCUT2D eigenvalue weighted by molar-refractivity contribution is 7.90. The molecule has 0 aliphatic heterocycles. The van der Waals surface area contributed by atoms with E-state index in [-0.39, 0.29) is 26.2 Å². The molecular formula is C22H13Cl3N2O4S2. The maximum atomic E-state index is 12.8. The summed E-state index contributed by atoms with van der Waals surface area (Å²) in [7, 11) is -8.21. The van der Waals surface area contributed by atoms with Gasteiger partial charge in [0, 0.05) is 21.2 Å². The molecule has 0 saturated carbocycles. The topological polar surface area (TPSA) is 93.0 Å². The van der Waals surface area contributed by atoms with Crippen LogP contribution in [-0.4, -0.2) is 28.3 Å². The standard InChI is InChI=1S/C22H13Cl3N2O4S2/c23-14-5-9-16(10-6-14)32(28,29)26-21-13-20(25)22(19-4-2-1-3-18(19)21)27-33(30,31)17-11-7-15(24)8-12-17/h1-13H/b26-21+,27-22+. The van der Waals surface area contributed by atoms with Crippen molar-refractivity contribution in [3.05, 3.63) is 105 Å². The van der Waals surface area contributed by atoms with E-state index in [0.29, 0.717) is 21.2 Å². The van der Waals surface area contributed by atoms with Gasteiger partial charge in [-0.05, 0) is 54.6 Å². The number of hydrogen-bond donors (Lipinski definition) is 0. The highest BCUT2D eigenvalue weighted by Gasteiger charge is 2.26. The van der Waals surface area contributed by atoms with Crippen molar-refractivity contribution in [3.8, 4) is 0 Å². The third kappa shape index (κ3) is 5.05. The molecule has 0 amide bonds. The van der Waals surface area contributed by atoms with Gasteiger partial charge in [-0.3, -0.25) is 0 Å². The molecule has 3 aromatic rings. The normalized spacial score (nSPS) is 16.5. The van der Waals surface area contributed by atoms with Crippen LogP contribution >= 0.6 is 34.8 Å². The van der Waals surface area contributed by atoms with Crippen molar-refractivity contribution in [2.75, 3.05) is 0 Å². The Bertz CT molecular complexity index is 1540. The van der Waals surface area contributed by atoms with Crippen molar-refractivity contribution in [1.82, 2.24) is 0 Å². The number of fused-ring (bicyclic) bond motifs is 1. The Morgan fingerprint density at radius 3 is 1.55 bits per heavy atom. The zero-order chi connectivity index (χ0) is 23.8. The molecule has 1 aliphatic carbocycles. The Balaban J connectivity index is 1.84. The third-order valence-electron chi connectivity index (χ3n) is 4.60. The lowest BCUT2D eigenvalue weighted by Crippen LogP contribution is -2.18. The molecule has 33 heavy (non-hydrogen) atoms. The molecule has 0 aromatic heterocycles. The maximum absolute atomic E-state index is 12.8. The number of sulfonamides is 2. The van der Waals surface area contributed by atoms with Gasteiger partial charge in [-0.15, -0.1) is 0 Å². The quantitative estimate of drug-likeness (QED) is 0.438. The number of allylic oxidation sites excluding steroid dienone is 2. The predicted molar refractivity (Wildman–Crippen MR) is 131 cm³/mol. The first-order valence-corrected chi connectivity index (χ1v) is 13.3. The van der Waals surface area contributed by atoms with Crippen LogP contribution in [0.1, 0.15) is 11.1 Å². The van der Waals surface area contributed by atoms with Crippen LogP contribution in [0.4, 0.5) is 0 Å². The lowest BCUT2D eigenvalue weighted by Gasteiger charge is -2.17. The lowest BCUT2D eigenvalue weighted by atomic mass is 9.94. The monoisotopic (exact) mass is 538 g/mol. The van der Waals surface area contributed by atoms with Gasteiger partial charge in [-0.2, -0.15) is 25.6 Å². The second kappa shape index (κ2) is 9.04. The second-order valence-corrected chi connectivity index (χ2v) is 11.3. The summed E-state index contributed by atoms with van der Waals surface area (Å²) in [4.78, 5) is -0.114. The SMILES string of the molecule is O=S(=O)(/N=C1C=C(Cl)/C(=N/S(=O)(=O)c2ccc(Cl)cc2)c2ccccc2\1)c1ccc(Cl)cc1. The Morgan fingerprint density at radius 2 is 1.03 bits per heavy atom. The molecule has 11 heteroatoms. The highest BCUT2D eigenvalue weighted by atomic mass is 35.5. The summed E-state index contributed by atoms with van der Waals surface area (Å²) in [5, 5.41) is 0.692. The van der Waals surface area contributed by atoms with E-state index in [1.807, 2.05) is 0 Å². The van der Waals surface area contributed by atoms with Crippen LogP contribution in [0, 0.1) is 0 Å². The zero-order valence-electron chi connectivity index (χ0n) is 16.5. The summed E-state index contributed by atoms with van der Waals surface area (Å²) in [6, 6.07) is 17.6. The molecule has 0 atom stereocenters. The summed E-state index contributed by atoms with van der Waals surface area (Å²) in [6.45, 7) is 0. The summed E-state index contributed by atoms with van der Waals surface area (Å²) in [5.41, 5.74) is 0.718. The van der Waals surface area contributed by atoms with Gasteiger partial charge in [0.25, 0.3) is 20.0 Å². The summed E-state index contributed by atoms with van der Waals surface area (Å²) in [6.07, 6.45) is 1.27. The zero-order valence-corrected chi connectivity index (χ0v) is 20.4. The molecule has 3 aromatic carbocycles. The fraction of sp³-hybridized carbons (Fsp3) is 0. The number of benzene rings is 3. The smallest absolute Gasteiger partial charge is 0.199 e. The Labute approximate surface area is 206 Å². The predicted octanol–water partition coefficient (Wildman–Crippen LogP) is 5.49. The molecule has 0 fully saturated rings. The van der Waals surface area contributed by atoms with Gasteiger partial charge in [0.1, 0.15) is 5.71 Å². The first-order chi connectivity index (χ1) is 15.6. The van der Waals surface area contributed by atoms with Crippen LogP contribution in [0.25, 0.3) is 0 Å². The van der Waals surface area contributed by atoms with Gasteiger partial charge >= 0.3 is 0 Å². The summed E-state index contributed by atoms with van der Waals surface area (Å²) < 4.78 is 59.1.